The molecule has 1 saturated carbocycles. The molecule has 1 N–H and O–H groups in total. The van der Waals surface area contributed by atoms with Crippen molar-refractivity contribution in [1.29, 1.82) is 0 Å². The molecule has 0 spiro atoms. The van der Waals surface area contributed by atoms with E-state index in [0.717, 1.165) is 71.2 Å². The first-order chi connectivity index (χ1) is 11.7. The summed E-state index contributed by atoms with van der Waals surface area (Å²) in [5.41, 5.74) is 0. The minimum absolute atomic E-state index is 0.176. The number of morpholine rings is 1. The van der Waals surface area contributed by atoms with Gasteiger partial charge in [-0.2, -0.15) is 0 Å². The number of amides is 1. The van der Waals surface area contributed by atoms with Gasteiger partial charge >= 0.3 is 0 Å². The molecule has 0 aromatic carbocycles. The maximum atomic E-state index is 12.4. The molecule has 2 aliphatic heterocycles. The number of hydrogen-bond donors (Lipinski definition) is 1. The fourth-order valence-electron chi connectivity index (χ4n) is 4.46. The molecule has 3 aliphatic rings. The van der Waals surface area contributed by atoms with E-state index in [1.165, 1.54) is 25.7 Å². The van der Waals surface area contributed by atoms with Crippen molar-refractivity contribution in [3.05, 3.63) is 0 Å². The maximum Gasteiger partial charge on any atom is 0.223 e. The molecule has 0 bridgehead atoms. The van der Waals surface area contributed by atoms with Crippen molar-refractivity contribution in [2.75, 3.05) is 52.5 Å². The van der Waals surface area contributed by atoms with Crippen LogP contribution in [0.4, 0.5) is 0 Å². The summed E-state index contributed by atoms with van der Waals surface area (Å²) in [4.78, 5) is 17.4. The smallest absolute Gasteiger partial charge is 0.223 e. The van der Waals surface area contributed by atoms with E-state index in [-0.39, 0.29) is 11.8 Å². The molecule has 0 radical (unpaired) electrons. The molecule has 24 heavy (non-hydrogen) atoms. The van der Waals surface area contributed by atoms with Gasteiger partial charge in [0, 0.05) is 51.2 Å². The number of carbonyl (C=O) groups excluding carboxylic acids is 1. The Hall–Kier alpha value is -0.650. The summed E-state index contributed by atoms with van der Waals surface area (Å²) in [7, 11) is 0. The third-order valence-electron chi connectivity index (χ3n) is 6.06. The first-order valence-corrected chi connectivity index (χ1v) is 10.0. The molecule has 2 saturated heterocycles. The Bertz CT molecular complexity index is 392. The summed E-state index contributed by atoms with van der Waals surface area (Å²) in [6, 6.07) is 0.355. The van der Waals surface area contributed by atoms with Crippen molar-refractivity contribution in [3.63, 3.8) is 0 Å². The maximum absolute atomic E-state index is 12.4. The van der Waals surface area contributed by atoms with Crippen LogP contribution in [0.1, 0.15) is 45.4 Å². The van der Waals surface area contributed by atoms with Crippen molar-refractivity contribution in [2.45, 2.75) is 51.5 Å². The van der Waals surface area contributed by atoms with Crippen molar-refractivity contribution >= 4 is 5.91 Å². The van der Waals surface area contributed by atoms with Gasteiger partial charge < -0.3 is 10.1 Å². The molecular weight excluding hydrogens is 302 g/mol. The van der Waals surface area contributed by atoms with Gasteiger partial charge in [-0.3, -0.25) is 14.6 Å². The Morgan fingerprint density at radius 1 is 1.08 bits per heavy atom. The van der Waals surface area contributed by atoms with Crippen LogP contribution in [0.15, 0.2) is 0 Å². The van der Waals surface area contributed by atoms with Crippen LogP contribution < -0.4 is 5.32 Å². The lowest BCUT2D eigenvalue weighted by Crippen LogP contribution is -2.43. The summed E-state index contributed by atoms with van der Waals surface area (Å²) in [6.45, 7) is 10.4. The van der Waals surface area contributed by atoms with E-state index in [1.54, 1.807) is 0 Å². The molecule has 2 heterocycles. The highest BCUT2D eigenvalue weighted by molar-refractivity contribution is 5.78. The number of nitrogens with one attached hydrogen (secondary N) is 1. The summed E-state index contributed by atoms with van der Waals surface area (Å²) < 4.78 is 5.40. The van der Waals surface area contributed by atoms with Gasteiger partial charge in [0.25, 0.3) is 0 Å². The second-order valence-electron chi connectivity index (χ2n) is 8.04. The first kappa shape index (κ1) is 18.2. The van der Waals surface area contributed by atoms with Crippen molar-refractivity contribution in [1.82, 2.24) is 15.1 Å². The van der Waals surface area contributed by atoms with Crippen LogP contribution in [0, 0.1) is 11.8 Å². The molecule has 2 atom stereocenters. The lowest BCUT2D eigenvalue weighted by atomic mass is 9.94. The number of ether oxygens (including phenoxy) is 1. The number of nitrogens with zero attached hydrogens (tertiary/aromatic N) is 2. The average molecular weight is 338 g/mol. The van der Waals surface area contributed by atoms with Crippen molar-refractivity contribution in [3.8, 4) is 0 Å². The van der Waals surface area contributed by atoms with Gasteiger partial charge in [-0.05, 0) is 18.8 Å². The highest BCUT2D eigenvalue weighted by Gasteiger charge is 2.27. The van der Waals surface area contributed by atoms with Gasteiger partial charge in [0.1, 0.15) is 0 Å². The molecule has 3 fully saturated rings. The fourth-order valence-corrected chi connectivity index (χ4v) is 4.46. The second-order valence-corrected chi connectivity index (χ2v) is 8.04. The van der Waals surface area contributed by atoms with Gasteiger partial charge in [0.15, 0.2) is 0 Å². The van der Waals surface area contributed by atoms with Crippen LogP contribution >= 0.6 is 0 Å². The second kappa shape index (κ2) is 9.16. The third-order valence-corrected chi connectivity index (χ3v) is 6.06. The SMILES string of the molecule is C[C@@H](CC1CCCC1)C(=O)N[C@@H]1CCN(CCN2CCOCC2)C1. The largest absolute Gasteiger partial charge is 0.379 e. The quantitative estimate of drug-likeness (QED) is 0.768. The van der Waals surface area contributed by atoms with E-state index in [1.807, 2.05) is 0 Å². The molecule has 1 aliphatic carbocycles. The highest BCUT2D eigenvalue weighted by atomic mass is 16.5. The predicted octanol–water partition coefficient (Wildman–Crippen LogP) is 1.73. The zero-order valence-corrected chi connectivity index (χ0v) is 15.3. The molecule has 5 heteroatoms. The molecule has 0 aromatic heterocycles. The number of carbonyl (C=O) groups is 1. The predicted molar refractivity (Wildman–Crippen MR) is 96.0 cm³/mol. The van der Waals surface area contributed by atoms with E-state index < -0.39 is 0 Å². The topological polar surface area (TPSA) is 44.8 Å². The van der Waals surface area contributed by atoms with E-state index in [2.05, 4.69) is 22.0 Å². The summed E-state index contributed by atoms with van der Waals surface area (Å²) >= 11 is 0. The molecule has 0 aromatic rings. The van der Waals surface area contributed by atoms with Crippen LogP contribution in [-0.2, 0) is 9.53 Å². The lowest BCUT2D eigenvalue weighted by molar-refractivity contribution is -0.125. The Labute approximate surface area is 147 Å². The zero-order chi connectivity index (χ0) is 16.8. The van der Waals surface area contributed by atoms with Gasteiger partial charge in [-0.15, -0.1) is 0 Å². The van der Waals surface area contributed by atoms with Crippen molar-refractivity contribution < 1.29 is 9.53 Å². The number of likely N-dealkylation sites (tertiary alicyclic amines) is 1. The molecule has 5 nitrogen and oxygen atoms in total. The van der Waals surface area contributed by atoms with Gasteiger partial charge in [-0.1, -0.05) is 32.6 Å². The number of hydrogen-bond acceptors (Lipinski definition) is 4. The molecule has 1 amide bonds. The zero-order valence-electron chi connectivity index (χ0n) is 15.3. The molecule has 138 valence electrons. The first-order valence-electron chi connectivity index (χ1n) is 10.0. The third kappa shape index (κ3) is 5.43. The van der Waals surface area contributed by atoms with E-state index in [0.29, 0.717) is 6.04 Å². The standard InChI is InChI=1S/C19H35N3O2/c1-16(14-17-4-2-3-5-17)19(23)20-18-6-7-22(15-18)9-8-21-10-12-24-13-11-21/h16-18H,2-15H2,1H3,(H,20,23)/t16-,18+/m0/s1. The Morgan fingerprint density at radius 3 is 2.54 bits per heavy atom. The fraction of sp³-hybridized carbons (Fsp3) is 0.947. The van der Waals surface area contributed by atoms with Crippen LogP contribution in [0.2, 0.25) is 0 Å². The van der Waals surface area contributed by atoms with Crippen LogP contribution in [0.3, 0.4) is 0 Å². The van der Waals surface area contributed by atoms with E-state index >= 15 is 0 Å². The van der Waals surface area contributed by atoms with Crippen molar-refractivity contribution in [2.24, 2.45) is 11.8 Å². The number of rotatable bonds is 7. The van der Waals surface area contributed by atoms with Crippen LogP contribution in [0.25, 0.3) is 0 Å². The van der Waals surface area contributed by atoms with Crippen LogP contribution in [-0.4, -0.2) is 74.2 Å². The Balaban J connectivity index is 1.32. The summed E-state index contributed by atoms with van der Waals surface area (Å²) in [5, 5.41) is 3.31. The molecule has 0 unspecified atom stereocenters. The van der Waals surface area contributed by atoms with Gasteiger partial charge in [-0.25, -0.2) is 0 Å². The Kier molecular flexibility index (Phi) is 6.93. The lowest BCUT2D eigenvalue weighted by Gasteiger charge is -2.28. The molecule has 3 rings (SSSR count). The normalized spacial score (nSPS) is 28.3. The minimum Gasteiger partial charge on any atom is -0.379 e. The highest BCUT2D eigenvalue weighted by Crippen LogP contribution is 2.30. The minimum atomic E-state index is 0.176. The Morgan fingerprint density at radius 2 is 1.79 bits per heavy atom. The van der Waals surface area contributed by atoms with Crippen LogP contribution in [0.5, 0.6) is 0 Å². The molecular formula is C19H35N3O2. The van der Waals surface area contributed by atoms with Gasteiger partial charge in [0.2, 0.25) is 5.91 Å². The van der Waals surface area contributed by atoms with E-state index in [9.17, 15) is 4.79 Å². The van der Waals surface area contributed by atoms with E-state index in [4.69, 9.17) is 4.74 Å². The monoisotopic (exact) mass is 337 g/mol. The van der Waals surface area contributed by atoms with Gasteiger partial charge in [0.05, 0.1) is 13.2 Å². The summed E-state index contributed by atoms with van der Waals surface area (Å²) in [6.07, 6.45) is 7.57. The summed E-state index contributed by atoms with van der Waals surface area (Å²) in [5.74, 6) is 1.25. The average Bonchev–Trinajstić information content (AvgIpc) is 3.26.